The lowest BCUT2D eigenvalue weighted by atomic mass is 10.1. The summed E-state index contributed by atoms with van der Waals surface area (Å²) in [5.41, 5.74) is 6.46. The van der Waals surface area contributed by atoms with E-state index in [1.54, 1.807) is 11.3 Å². The Morgan fingerprint density at radius 1 is 1.50 bits per heavy atom. The van der Waals surface area contributed by atoms with Crippen molar-refractivity contribution in [2.45, 2.75) is 18.9 Å². The third-order valence-electron chi connectivity index (χ3n) is 3.25. The van der Waals surface area contributed by atoms with Gasteiger partial charge in [-0.2, -0.15) is 0 Å². The highest BCUT2D eigenvalue weighted by molar-refractivity contribution is 9.11. The highest BCUT2D eigenvalue weighted by Crippen LogP contribution is 2.33. The molecule has 0 aliphatic carbocycles. The first kappa shape index (κ1) is 14.2. The van der Waals surface area contributed by atoms with Gasteiger partial charge in [0, 0.05) is 24.5 Å². The standard InChI is InChI=1S/C13H14BrN3OS2/c14-11-4-3-10(20-11)12-16-9(7-19-12)13(18)17-5-1-2-8(15)6-17/h3-4,7-8H,1-2,5-6,15H2. The Balaban J connectivity index is 1.77. The molecular formula is C13H14BrN3OS2. The molecule has 3 heterocycles. The van der Waals surface area contributed by atoms with Crippen LogP contribution >= 0.6 is 38.6 Å². The predicted molar refractivity (Wildman–Crippen MR) is 86.2 cm³/mol. The minimum atomic E-state index is -0.00160. The van der Waals surface area contributed by atoms with Crippen molar-refractivity contribution >= 4 is 44.5 Å². The van der Waals surface area contributed by atoms with Gasteiger partial charge in [0.05, 0.1) is 8.66 Å². The number of aromatic nitrogens is 1. The SMILES string of the molecule is NC1CCCN(C(=O)c2csc(-c3ccc(Br)s3)n2)C1. The fourth-order valence-electron chi connectivity index (χ4n) is 2.27. The lowest BCUT2D eigenvalue weighted by Gasteiger charge is -2.30. The summed E-state index contributed by atoms with van der Waals surface area (Å²) in [6, 6.07) is 4.10. The summed E-state index contributed by atoms with van der Waals surface area (Å²) in [7, 11) is 0. The minimum absolute atomic E-state index is 0.00160. The van der Waals surface area contributed by atoms with Crippen molar-refractivity contribution in [3.05, 3.63) is 27.0 Å². The van der Waals surface area contributed by atoms with E-state index in [4.69, 9.17) is 5.73 Å². The zero-order valence-electron chi connectivity index (χ0n) is 10.7. The number of piperidine rings is 1. The molecule has 0 radical (unpaired) electrons. The molecule has 1 atom stereocenters. The number of hydrogen-bond acceptors (Lipinski definition) is 5. The molecule has 1 amide bonds. The third kappa shape index (κ3) is 2.95. The molecule has 1 saturated heterocycles. The van der Waals surface area contributed by atoms with Crippen LogP contribution in [-0.4, -0.2) is 34.9 Å². The van der Waals surface area contributed by atoms with E-state index in [-0.39, 0.29) is 11.9 Å². The smallest absolute Gasteiger partial charge is 0.273 e. The fraction of sp³-hybridized carbons (Fsp3) is 0.385. The van der Waals surface area contributed by atoms with Gasteiger partial charge >= 0.3 is 0 Å². The fourth-order valence-corrected chi connectivity index (χ4v) is 4.52. The van der Waals surface area contributed by atoms with Crippen LogP contribution in [0, 0.1) is 0 Å². The van der Waals surface area contributed by atoms with Gasteiger partial charge in [-0.3, -0.25) is 4.79 Å². The summed E-state index contributed by atoms with van der Waals surface area (Å²) in [6.07, 6.45) is 1.97. The number of carbonyl (C=O) groups excluding carboxylic acids is 1. The number of nitrogens with two attached hydrogens (primary N) is 1. The third-order valence-corrected chi connectivity index (χ3v) is 5.89. The molecule has 0 saturated carbocycles. The van der Waals surface area contributed by atoms with E-state index >= 15 is 0 Å². The Morgan fingerprint density at radius 2 is 2.35 bits per heavy atom. The topological polar surface area (TPSA) is 59.2 Å². The zero-order chi connectivity index (χ0) is 14.1. The Bertz CT molecular complexity index is 625. The Kier molecular flexibility index (Phi) is 4.21. The maximum Gasteiger partial charge on any atom is 0.273 e. The molecule has 106 valence electrons. The molecule has 0 aromatic carbocycles. The molecule has 1 aliphatic rings. The monoisotopic (exact) mass is 371 g/mol. The van der Waals surface area contributed by atoms with Crippen molar-refractivity contribution in [2.24, 2.45) is 5.73 Å². The van der Waals surface area contributed by atoms with Crippen molar-refractivity contribution in [2.75, 3.05) is 13.1 Å². The lowest BCUT2D eigenvalue weighted by Crippen LogP contribution is -2.45. The molecule has 1 aliphatic heterocycles. The number of hydrogen-bond donors (Lipinski definition) is 1. The van der Waals surface area contributed by atoms with E-state index in [1.807, 2.05) is 22.4 Å². The van der Waals surface area contributed by atoms with Gasteiger partial charge in [0.25, 0.3) is 5.91 Å². The van der Waals surface area contributed by atoms with Crippen LogP contribution in [0.3, 0.4) is 0 Å². The maximum atomic E-state index is 12.4. The first-order valence-corrected chi connectivity index (χ1v) is 8.88. The summed E-state index contributed by atoms with van der Waals surface area (Å²) in [4.78, 5) is 19.8. The largest absolute Gasteiger partial charge is 0.336 e. The van der Waals surface area contributed by atoms with Crippen LogP contribution in [0.2, 0.25) is 0 Å². The van der Waals surface area contributed by atoms with Crippen molar-refractivity contribution in [1.82, 2.24) is 9.88 Å². The molecule has 1 unspecified atom stereocenters. The molecule has 0 bridgehead atoms. The molecule has 2 aromatic rings. The second-order valence-corrected chi connectivity index (χ2v) is 8.12. The van der Waals surface area contributed by atoms with E-state index in [2.05, 4.69) is 20.9 Å². The van der Waals surface area contributed by atoms with Crippen LogP contribution < -0.4 is 5.73 Å². The normalized spacial score (nSPS) is 19.3. The number of halogens is 1. The molecule has 1 fully saturated rings. The quantitative estimate of drug-likeness (QED) is 0.881. The van der Waals surface area contributed by atoms with Gasteiger partial charge in [0.2, 0.25) is 0 Å². The number of amides is 1. The molecule has 0 spiro atoms. The van der Waals surface area contributed by atoms with Crippen LogP contribution in [-0.2, 0) is 0 Å². The van der Waals surface area contributed by atoms with E-state index < -0.39 is 0 Å². The number of likely N-dealkylation sites (tertiary alicyclic amines) is 1. The second-order valence-electron chi connectivity index (χ2n) is 4.80. The Labute approximate surface area is 133 Å². The van der Waals surface area contributed by atoms with Gasteiger partial charge in [-0.1, -0.05) is 0 Å². The van der Waals surface area contributed by atoms with Gasteiger partial charge < -0.3 is 10.6 Å². The number of rotatable bonds is 2. The van der Waals surface area contributed by atoms with Crippen molar-refractivity contribution in [3.8, 4) is 9.88 Å². The van der Waals surface area contributed by atoms with Crippen LogP contribution in [0.1, 0.15) is 23.3 Å². The molecule has 2 N–H and O–H groups in total. The van der Waals surface area contributed by atoms with Gasteiger partial charge in [-0.15, -0.1) is 22.7 Å². The molecular weight excluding hydrogens is 358 g/mol. The number of nitrogens with zero attached hydrogens (tertiary/aromatic N) is 2. The van der Waals surface area contributed by atoms with Crippen molar-refractivity contribution in [3.63, 3.8) is 0 Å². The van der Waals surface area contributed by atoms with Crippen LogP contribution in [0.4, 0.5) is 0 Å². The van der Waals surface area contributed by atoms with Crippen LogP contribution in [0.15, 0.2) is 21.3 Å². The summed E-state index contributed by atoms with van der Waals surface area (Å²) in [5, 5.41) is 2.73. The first-order chi connectivity index (χ1) is 9.63. The molecule has 4 nitrogen and oxygen atoms in total. The average molecular weight is 372 g/mol. The van der Waals surface area contributed by atoms with Gasteiger partial charge in [-0.05, 0) is 40.9 Å². The summed E-state index contributed by atoms with van der Waals surface area (Å²) in [6.45, 7) is 1.42. The van der Waals surface area contributed by atoms with Crippen molar-refractivity contribution in [1.29, 1.82) is 0 Å². The Morgan fingerprint density at radius 3 is 3.05 bits per heavy atom. The number of thiazole rings is 1. The van der Waals surface area contributed by atoms with E-state index in [0.29, 0.717) is 12.2 Å². The van der Waals surface area contributed by atoms with Crippen LogP contribution in [0.25, 0.3) is 9.88 Å². The van der Waals surface area contributed by atoms with E-state index in [1.165, 1.54) is 11.3 Å². The molecule has 3 rings (SSSR count). The average Bonchev–Trinajstić information content (AvgIpc) is 3.06. The van der Waals surface area contributed by atoms with Gasteiger partial charge in [-0.25, -0.2) is 4.98 Å². The molecule has 7 heteroatoms. The number of carbonyl (C=O) groups is 1. The highest BCUT2D eigenvalue weighted by atomic mass is 79.9. The van der Waals surface area contributed by atoms with Crippen molar-refractivity contribution < 1.29 is 4.79 Å². The summed E-state index contributed by atoms with van der Waals surface area (Å²) >= 11 is 6.57. The maximum absolute atomic E-state index is 12.4. The van der Waals surface area contributed by atoms with Crippen LogP contribution in [0.5, 0.6) is 0 Å². The molecule has 20 heavy (non-hydrogen) atoms. The summed E-state index contributed by atoms with van der Waals surface area (Å²) in [5.74, 6) is -0.00160. The zero-order valence-corrected chi connectivity index (χ0v) is 13.9. The van der Waals surface area contributed by atoms with E-state index in [0.717, 1.165) is 33.1 Å². The first-order valence-electron chi connectivity index (χ1n) is 6.39. The number of thiophene rings is 1. The Hall–Kier alpha value is -0.760. The minimum Gasteiger partial charge on any atom is -0.336 e. The highest BCUT2D eigenvalue weighted by Gasteiger charge is 2.24. The summed E-state index contributed by atoms with van der Waals surface area (Å²) < 4.78 is 1.07. The van der Waals surface area contributed by atoms with E-state index in [9.17, 15) is 4.79 Å². The second kappa shape index (κ2) is 5.93. The van der Waals surface area contributed by atoms with Gasteiger partial charge in [0.15, 0.2) is 0 Å². The van der Waals surface area contributed by atoms with Gasteiger partial charge in [0.1, 0.15) is 10.7 Å². The molecule has 2 aromatic heterocycles. The lowest BCUT2D eigenvalue weighted by molar-refractivity contribution is 0.0704. The predicted octanol–water partition coefficient (Wildman–Crippen LogP) is 3.20.